The number of carbonyl (C=O) groups excluding carboxylic acids is 1. The van der Waals surface area contributed by atoms with Crippen molar-refractivity contribution in [3.63, 3.8) is 0 Å². The van der Waals surface area contributed by atoms with E-state index in [1.165, 1.54) is 29.0 Å². The van der Waals surface area contributed by atoms with Crippen LogP contribution < -0.4 is 10.9 Å². The number of benzene rings is 2. The van der Waals surface area contributed by atoms with Crippen LogP contribution in [0, 0.1) is 12.7 Å². The van der Waals surface area contributed by atoms with Gasteiger partial charge in [-0.25, -0.2) is 14.1 Å². The highest BCUT2D eigenvalue weighted by Gasteiger charge is 2.15. The Bertz CT molecular complexity index is 1300. The number of aromatic nitrogens is 4. The topological polar surface area (TPSA) is 81.8 Å². The zero-order valence-corrected chi connectivity index (χ0v) is 16.7. The standard InChI is InChI=1S/C21H17ClFN5O2/c1-13-25-20-16(12-24-28(20)15-5-3-2-4-6-15)21(30)27(13)10-9-19(29)26-14-7-8-18(23)17(22)11-14/h2-8,11-12H,9-10H2,1H3,(H,26,29). The Morgan fingerprint density at radius 1 is 1.20 bits per heavy atom. The number of aryl methyl sites for hydroxylation is 1. The van der Waals surface area contributed by atoms with Gasteiger partial charge in [-0.15, -0.1) is 0 Å². The minimum absolute atomic E-state index is 0.0375. The van der Waals surface area contributed by atoms with E-state index in [1.54, 1.807) is 11.6 Å². The summed E-state index contributed by atoms with van der Waals surface area (Å²) in [7, 11) is 0. The van der Waals surface area contributed by atoms with Gasteiger partial charge < -0.3 is 5.32 Å². The summed E-state index contributed by atoms with van der Waals surface area (Å²) in [5.41, 5.74) is 1.38. The van der Waals surface area contributed by atoms with E-state index in [0.717, 1.165) is 5.69 Å². The maximum atomic E-state index is 13.2. The average Bonchev–Trinajstić information content (AvgIpc) is 3.15. The van der Waals surface area contributed by atoms with Crippen molar-refractivity contribution < 1.29 is 9.18 Å². The first kappa shape index (κ1) is 19.8. The van der Waals surface area contributed by atoms with Crippen molar-refractivity contribution >= 4 is 34.2 Å². The molecule has 0 atom stereocenters. The first-order valence-corrected chi connectivity index (χ1v) is 9.57. The van der Waals surface area contributed by atoms with Gasteiger partial charge in [0, 0.05) is 18.7 Å². The number of rotatable bonds is 5. The van der Waals surface area contributed by atoms with Crippen LogP contribution in [0.25, 0.3) is 16.7 Å². The lowest BCUT2D eigenvalue weighted by molar-refractivity contribution is -0.116. The second kappa shape index (κ2) is 8.08. The Morgan fingerprint density at radius 3 is 2.70 bits per heavy atom. The highest BCUT2D eigenvalue weighted by Crippen LogP contribution is 2.19. The van der Waals surface area contributed by atoms with E-state index >= 15 is 0 Å². The molecule has 0 unspecified atom stereocenters. The van der Waals surface area contributed by atoms with E-state index in [9.17, 15) is 14.0 Å². The number of nitrogens with one attached hydrogen (secondary N) is 1. The Labute approximate surface area is 175 Å². The molecule has 2 aromatic heterocycles. The molecular formula is C21H17ClFN5O2. The molecule has 9 heteroatoms. The van der Waals surface area contributed by atoms with E-state index < -0.39 is 5.82 Å². The summed E-state index contributed by atoms with van der Waals surface area (Å²) < 4.78 is 16.3. The van der Waals surface area contributed by atoms with Crippen molar-refractivity contribution in [2.75, 3.05) is 5.32 Å². The predicted octanol–water partition coefficient (Wildman–Crippen LogP) is 3.71. The molecule has 0 fully saturated rings. The molecule has 2 aromatic carbocycles. The van der Waals surface area contributed by atoms with Crippen molar-refractivity contribution in [3.05, 3.63) is 81.7 Å². The molecule has 0 bridgehead atoms. The molecule has 1 amide bonds. The first-order chi connectivity index (χ1) is 14.4. The molecule has 2 heterocycles. The molecule has 0 radical (unpaired) electrons. The van der Waals surface area contributed by atoms with E-state index in [-0.39, 0.29) is 29.5 Å². The van der Waals surface area contributed by atoms with Gasteiger partial charge in [0.15, 0.2) is 5.65 Å². The van der Waals surface area contributed by atoms with Crippen LogP contribution >= 0.6 is 11.6 Å². The fourth-order valence-electron chi connectivity index (χ4n) is 3.14. The molecule has 0 aliphatic heterocycles. The van der Waals surface area contributed by atoms with E-state index in [2.05, 4.69) is 15.4 Å². The van der Waals surface area contributed by atoms with Crippen molar-refractivity contribution in [2.24, 2.45) is 0 Å². The van der Waals surface area contributed by atoms with Crippen molar-refractivity contribution in [1.29, 1.82) is 0 Å². The average molecular weight is 426 g/mol. The molecule has 7 nitrogen and oxygen atoms in total. The number of hydrogen-bond acceptors (Lipinski definition) is 4. The van der Waals surface area contributed by atoms with Crippen LogP contribution in [0.3, 0.4) is 0 Å². The molecule has 0 aliphatic carbocycles. The van der Waals surface area contributed by atoms with Crippen LogP contribution in [0.2, 0.25) is 5.02 Å². The Balaban J connectivity index is 1.55. The third-order valence-corrected chi connectivity index (χ3v) is 4.93. The van der Waals surface area contributed by atoms with E-state index in [0.29, 0.717) is 22.5 Å². The van der Waals surface area contributed by atoms with Crippen LogP contribution in [-0.4, -0.2) is 25.2 Å². The lowest BCUT2D eigenvalue weighted by Crippen LogP contribution is -2.26. The smallest absolute Gasteiger partial charge is 0.264 e. The van der Waals surface area contributed by atoms with E-state index in [4.69, 9.17) is 11.6 Å². The lowest BCUT2D eigenvalue weighted by Gasteiger charge is -2.11. The fourth-order valence-corrected chi connectivity index (χ4v) is 3.32. The highest BCUT2D eigenvalue weighted by molar-refractivity contribution is 6.31. The van der Waals surface area contributed by atoms with Crippen LogP contribution in [0.15, 0.2) is 59.5 Å². The molecule has 0 spiro atoms. The summed E-state index contributed by atoms with van der Waals surface area (Å²) in [5, 5.41) is 7.22. The Kier molecular flexibility index (Phi) is 5.33. The monoisotopic (exact) mass is 425 g/mol. The van der Waals surface area contributed by atoms with Gasteiger partial charge in [0.1, 0.15) is 17.0 Å². The van der Waals surface area contributed by atoms with Crippen LogP contribution in [-0.2, 0) is 11.3 Å². The molecule has 152 valence electrons. The summed E-state index contributed by atoms with van der Waals surface area (Å²) in [5.74, 6) is -0.417. The molecule has 0 saturated carbocycles. The maximum Gasteiger partial charge on any atom is 0.264 e. The number of hydrogen-bond donors (Lipinski definition) is 1. The first-order valence-electron chi connectivity index (χ1n) is 9.19. The minimum atomic E-state index is -0.563. The summed E-state index contributed by atoms with van der Waals surface area (Å²) in [4.78, 5) is 29.7. The molecule has 0 aliphatic rings. The third kappa shape index (κ3) is 3.81. The molecule has 0 saturated heterocycles. The van der Waals surface area contributed by atoms with Gasteiger partial charge in [-0.05, 0) is 37.3 Å². The Morgan fingerprint density at radius 2 is 1.97 bits per heavy atom. The lowest BCUT2D eigenvalue weighted by atomic mass is 10.3. The summed E-state index contributed by atoms with van der Waals surface area (Å²) in [6.45, 7) is 1.85. The Hall–Kier alpha value is -3.52. The summed E-state index contributed by atoms with van der Waals surface area (Å²) in [6, 6.07) is 13.3. The number of anilines is 1. The largest absolute Gasteiger partial charge is 0.326 e. The highest BCUT2D eigenvalue weighted by atomic mass is 35.5. The van der Waals surface area contributed by atoms with Gasteiger partial charge >= 0.3 is 0 Å². The predicted molar refractivity (Wildman–Crippen MR) is 113 cm³/mol. The van der Waals surface area contributed by atoms with Crippen molar-refractivity contribution in [1.82, 2.24) is 19.3 Å². The zero-order chi connectivity index (χ0) is 21.3. The number of nitrogens with zero attached hydrogens (tertiary/aromatic N) is 4. The molecule has 4 aromatic rings. The second-order valence-corrected chi connectivity index (χ2v) is 7.08. The maximum absolute atomic E-state index is 13.2. The van der Waals surface area contributed by atoms with Gasteiger partial charge in [0.05, 0.1) is 16.9 Å². The second-order valence-electron chi connectivity index (χ2n) is 6.67. The van der Waals surface area contributed by atoms with Crippen molar-refractivity contribution in [2.45, 2.75) is 19.9 Å². The summed E-state index contributed by atoms with van der Waals surface area (Å²) in [6.07, 6.45) is 1.52. The van der Waals surface area contributed by atoms with Crippen LogP contribution in [0.5, 0.6) is 0 Å². The minimum Gasteiger partial charge on any atom is -0.326 e. The molecule has 1 N–H and O–H groups in total. The van der Waals surface area contributed by atoms with Gasteiger partial charge in [-0.3, -0.25) is 14.2 Å². The SMILES string of the molecule is Cc1nc2c(cnn2-c2ccccc2)c(=O)n1CCC(=O)Nc1ccc(F)c(Cl)c1. The number of para-hydroxylation sites is 1. The van der Waals surface area contributed by atoms with Crippen LogP contribution in [0.1, 0.15) is 12.2 Å². The van der Waals surface area contributed by atoms with Crippen molar-refractivity contribution in [3.8, 4) is 5.69 Å². The number of fused-ring (bicyclic) bond motifs is 1. The van der Waals surface area contributed by atoms with Gasteiger partial charge in [-0.2, -0.15) is 5.10 Å². The zero-order valence-electron chi connectivity index (χ0n) is 16.0. The number of halogens is 2. The fraction of sp³-hybridized carbons (Fsp3) is 0.143. The number of carbonyl (C=O) groups is 1. The van der Waals surface area contributed by atoms with Gasteiger partial charge in [0.25, 0.3) is 5.56 Å². The quantitative estimate of drug-likeness (QED) is 0.528. The molecule has 4 rings (SSSR count). The van der Waals surface area contributed by atoms with Gasteiger partial charge in [-0.1, -0.05) is 29.8 Å². The van der Waals surface area contributed by atoms with E-state index in [1.807, 2.05) is 30.3 Å². The molecule has 30 heavy (non-hydrogen) atoms. The normalized spacial score (nSPS) is 11.0. The number of amides is 1. The van der Waals surface area contributed by atoms with Gasteiger partial charge in [0.2, 0.25) is 5.91 Å². The third-order valence-electron chi connectivity index (χ3n) is 4.64. The summed E-state index contributed by atoms with van der Waals surface area (Å²) >= 11 is 5.73. The van der Waals surface area contributed by atoms with Crippen LogP contribution in [0.4, 0.5) is 10.1 Å². The molecular weight excluding hydrogens is 409 g/mol.